The van der Waals surface area contributed by atoms with Crippen LogP contribution in [0.1, 0.15) is 40.9 Å². The van der Waals surface area contributed by atoms with E-state index in [2.05, 4.69) is 16.7 Å². The highest BCUT2D eigenvalue weighted by molar-refractivity contribution is 7.09. The smallest absolute Gasteiger partial charge is 0.329 e. The van der Waals surface area contributed by atoms with E-state index < -0.39 is 17.4 Å². The van der Waals surface area contributed by atoms with E-state index in [1.54, 1.807) is 35.6 Å². The lowest BCUT2D eigenvalue weighted by atomic mass is 10.1. The molecule has 26 heavy (non-hydrogen) atoms. The van der Waals surface area contributed by atoms with E-state index in [0.29, 0.717) is 30.5 Å². The van der Waals surface area contributed by atoms with Gasteiger partial charge in [-0.25, -0.2) is 4.79 Å². The van der Waals surface area contributed by atoms with Crippen LogP contribution in [0.25, 0.3) is 0 Å². The van der Waals surface area contributed by atoms with Gasteiger partial charge in [0.05, 0.1) is 0 Å². The van der Waals surface area contributed by atoms with Gasteiger partial charge < -0.3 is 15.7 Å². The molecular weight excluding hydrogens is 352 g/mol. The first kappa shape index (κ1) is 18.1. The average molecular weight is 372 g/mol. The zero-order valence-electron chi connectivity index (χ0n) is 14.2. The number of hydrogen-bond acceptors (Lipinski definition) is 4. The molecular formula is C19H20N2O4S. The van der Waals surface area contributed by atoms with Crippen LogP contribution in [0.4, 0.5) is 5.69 Å². The van der Waals surface area contributed by atoms with Gasteiger partial charge in [0.2, 0.25) is 5.91 Å². The maximum Gasteiger partial charge on any atom is 0.329 e. The van der Waals surface area contributed by atoms with Crippen molar-refractivity contribution >= 4 is 34.8 Å². The summed E-state index contributed by atoms with van der Waals surface area (Å²) >= 11 is 1.68. The number of benzene rings is 1. The molecule has 1 aromatic carbocycles. The first-order chi connectivity index (χ1) is 12.5. The third kappa shape index (κ3) is 4.49. The van der Waals surface area contributed by atoms with Crippen LogP contribution in [-0.4, -0.2) is 28.4 Å². The Labute approximate surface area is 155 Å². The number of anilines is 1. The van der Waals surface area contributed by atoms with Crippen LogP contribution in [0.2, 0.25) is 0 Å². The average Bonchev–Trinajstić information content (AvgIpc) is 3.21. The van der Waals surface area contributed by atoms with Crippen molar-refractivity contribution in [3.63, 3.8) is 0 Å². The summed E-state index contributed by atoms with van der Waals surface area (Å²) in [4.78, 5) is 36.8. The minimum atomic E-state index is -1.13. The SMILES string of the molecule is O=C(CCCc1cccs1)Nc1cccc(C(=O)NC2(C(=O)O)CC2)c1. The molecule has 0 radical (unpaired) electrons. The molecule has 6 nitrogen and oxygen atoms in total. The summed E-state index contributed by atoms with van der Waals surface area (Å²) in [5, 5.41) is 16.5. The van der Waals surface area contributed by atoms with Gasteiger partial charge in [-0.1, -0.05) is 12.1 Å². The molecule has 0 bridgehead atoms. The Hall–Kier alpha value is -2.67. The van der Waals surface area contributed by atoms with E-state index in [1.165, 1.54) is 4.88 Å². The molecule has 1 saturated carbocycles. The largest absolute Gasteiger partial charge is 0.480 e. The van der Waals surface area contributed by atoms with E-state index in [4.69, 9.17) is 5.11 Å². The van der Waals surface area contributed by atoms with Crippen LogP contribution in [0.3, 0.4) is 0 Å². The fraction of sp³-hybridized carbons (Fsp3) is 0.316. The van der Waals surface area contributed by atoms with Gasteiger partial charge in [0.25, 0.3) is 5.91 Å². The third-order valence-corrected chi connectivity index (χ3v) is 5.26. The number of hydrogen-bond donors (Lipinski definition) is 3. The minimum absolute atomic E-state index is 0.108. The Morgan fingerprint density at radius 1 is 1.15 bits per heavy atom. The number of carbonyl (C=O) groups excluding carboxylic acids is 2. The van der Waals surface area contributed by atoms with E-state index in [0.717, 1.165) is 12.8 Å². The van der Waals surface area contributed by atoms with E-state index in [1.807, 2.05) is 11.4 Å². The number of aliphatic carboxylic acids is 1. The van der Waals surface area contributed by atoms with Gasteiger partial charge in [-0.15, -0.1) is 11.3 Å². The lowest BCUT2D eigenvalue weighted by Crippen LogP contribution is -2.43. The quantitative estimate of drug-likeness (QED) is 0.664. The maximum atomic E-state index is 12.3. The number of aryl methyl sites for hydroxylation is 1. The second kappa shape index (κ2) is 7.70. The topological polar surface area (TPSA) is 95.5 Å². The van der Waals surface area contributed by atoms with E-state index in [9.17, 15) is 14.4 Å². The van der Waals surface area contributed by atoms with Gasteiger partial charge in [0.1, 0.15) is 5.54 Å². The molecule has 2 amide bonds. The normalized spacial score (nSPS) is 14.5. The van der Waals surface area contributed by atoms with Crippen LogP contribution in [0, 0.1) is 0 Å². The van der Waals surface area contributed by atoms with Gasteiger partial charge in [0, 0.05) is 22.5 Å². The van der Waals surface area contributed by atoms with Crippen molar-refractivity contribution in [2.24, 2.45) is 0 Å². The van der Waals surface area contributed by atoms with E-state index in [-0.39, 0.29) is 5.91 Å². The molecule has 7 heteroatoms. The highest BCUT2D eigenvalue weighted by atomic mass is 32.1. The van der Waals surface area contributed by atoms with Crippen molar-refractivity contribution in [1.29, 1.82) is 0 Å². The van der Waals surface area contributed by atoms with Gasteiger partial charge in [-0.3, -0.25) is 9.59 Å². The lowest BCUT2D eigenvalue weighted by Gasteiger charge is -2.13. The molecule has 0 atom stereocenters. The van der Waals surface area contributed by atoms with Gasteiger partial charge >= 0.3 is 5.97 Å². The summed E-state index contributed by atoms with van der Waals surface area (Å²) < 4.78 is 0. The summed E-state index contributed by atoms with van der Waals surface area (Å²) in [7, 11) is 0. The molecule has 0 spiro atoms. The fourth-order valence-electron chi connectivity index (χ4n) is 2.65. The molecule has 1 aromatic heterocycles. The molecule has 1 fully saturated rings. The van der Waals surface area contributed by atoms with Crippen LogP contribution in [0.5, 0.6) is 0 Å². The van der Waals surface area contributed by atoms with Crippen molar-refractivity contribution in [3.05, 3.63) is 52.2 Å². The number of nitrogens with one attached hydrogen (secondary N) is 2. The Morgan fingerprint density at radius 3 is 2.62 bits per heavy atom. The van der Waals surface area contributed by atoms with Crippen molar-refractivity contribution < 1.29 is 19.5 Å². The Kier molecular flexibility index (Phi) is 5.37. The summed E-state index contributed by atoms with van der Waals surface area (Å²) in [5.41, 5.74) is -0.272. The second-order valence-corrected chi connectivity index (χ2v) is 7.44. The number of carboxylic acids is 1. The molecule has 136 valence electrons. The number of carboxylic acid groups (broad SMARTS) is 1. The molecule has 1 aliphatic rings. The van der Waals surface area contributed by atoms with E-state index >= 15 is 0 Å². The predicted octanol–water partition coefficient (Wildman–Crippen LogP) is 3.06. The highest BCUT2D eigenvalue weighted by Gasteiger charge is 2.51. The summed E-state index contributed by atoms with van der Waals surface area (Å²) in [6, 6.07) is 10.6. The van der Waals surface area contributed by atoms with Gasteiger partial charge in [-0.2, -0.15) is 0 Å². The Balaban J connectivity index is 1.52. The van der Waals surface area contributed by atoms with Crippen LogP contribution in [0.15, 0.2) is 41.8 Å². The van der Waals surface area contributed by atoms with Crippen molar-refractivity contribution in [1.82, 2.24) is 5.32 Å². The molecule has 0 aliphatic heterocycles. The molecule has 1 aliphatic carbocycles. The maximum absolute atomic E-state index is 12.3. The minimum Gasteiger partial charge on any atom is -0.480 e. The first-order valence-electron chi connectivity index (χ1n) is 8.47. The third-order valence-electron chi connectivity index (χ3n) is 4.33. The number of rotatable bonds is 8. The predicted molar refractivity (Wildman–Crippen MR) is 99.4 cm³/mol. The first-order valence-corrected chi connectivity index (χ1v) is 9.35. The number of thiophene rings is 1. The second-order valence-electron chi connectivity index (χ2n) is 6.40. The fourth-order valence-corrected chi connectivity index (χ4v) is 3.40. The van der Waals surface area contributed by atoms with Crippen LogP contribution in [-0.2, 0) is 16.0 Å². The van der Waals surface area contributed by atoms with Crippen molar-refractivity contribution in [3.8, 4) is 0 Å². The monoisotopic (exact) mass is 372 g/mol. The van der Waals surface area contributed by atoms with Gasteiger partial charge in [-0.05, 0) is 55.3 Å². The standard InChI is InChI=1S/C19H20N2O4S/c22-16(8-2-6-15-7-3-11-26-15)20-14-5-1-4-13(12-14)17(23)21-19(9-10-19)18(24)25/h1,3-5,7,11-12H,2,6,8-10H2,(H,20,22)(H,21,23)(H,24,25). The number of amides is 2. The van der Waals surface area contributed by atoms with Gasteiger partial charge in [0.15, 0.2) is 0 Å². The molecule has 0 saturated heterocycles. The highest BCUT2D eigenvalue weighted by Crippen LogP contribution is 2.35. The summed E-state index contributed by atoms with van der Waals surface area (Å²) in [6.07, 6.45) is 2.90. The zero-order chi connectivity index (χ0) is 18.6. The summed E-state index contributed by atoms with van der Waals surface area (Å²) in [6.45, 7) is 0. The Bertz CT molecular complexity index is 813. The van der Waals surface area contributed by atoms with Crippen molar-refractivity contribution in [2.75, 3.05) is 5.32 Å². The van der Waals surface area contributed by atoms with Crippen LogP contribution < -0.4 is 10.6 Å². The molecule has 3 N–H and O–H groups in total. The molecule has 2 aromatic rings. The Morgan fingerprint density at radius 2 is 1.96 bits per heavy atom. The molecule has 0 unspecified atom stereocenters. The molecule has 1 heterocycles. The number of carbonyl (C=O) groups is 3. The lowest BCUT2D eigenvalue weighted by molar-refractivity contribution is -0.140. The summed E-state index contributed by atoms with van der Waals surface area (Å²) in [5.74, 6) is -1.57. The van der Waals surface area contributed by atoms with Crippen molar-refractivity contribution in [2.45, 2.75) is 37.6 Å². The van der Waals surface area contributed by atoms with Crippen LogP contribution >= 0.6 is 11.3 Å². The zero-order valence-corrected chi connectivity index (χ0v) is 15.0. The molecule has 3 rings (SSSR count).